The molecule has 52 valence electrons. The van der Waals surface area contributed by atoms with Gasteiger partial charge in [0.15, 0.2) is 0 Å². The Morgan fingerprint density at radius 2 is 2.11 bits per heavy atom. The van der Waals surface area contributed by atoms with Crippen LogP contribution in [0.5, 0.6) is 0 Å². The van der Waals surface area contributed by atoms with Crippen molar-refractivity contribution in [1.29, 1.82) is 0 Å². The van der Waals surface area contributed by atoms with Crippen LogP contribution in [0.2, 0.25) is 0 Å². The SMILES string of the molecule is CC/C=C/C=C/[C@H](C)O. The molecule has 0 aliphatic carbocycles. The zero-order chi connectivity index (χ0) is 7.11. The van der Waals surface area contributed by atoms with Gasteiger partial charge in [-0.1, -0.05) is 31.2 Å². The molecule has 0 rings (SSSR count). The van der Waals surface area contributed by atoms with Crippen molar-refractivity contribution in [2.75, 3.05) is 0 Å². The Hall–Kier alpha value is -0.560. The molecule has 0 aromatic rings. The summed E-state index contributed by atoms with van der Waals surface area (Å²) in [6.45, 7) is 3.81. The van der Waals surface area contributed by atoms with Gasteiger partial charge in [0, 0.05) is 0 Å². The molecular weight excluding hydrogens is 112 g/mol. The zero-order valence-electron chi connectivity index (χ0n) is 6.04. The monoisotopic (exact) mass is 126 g/mol. The van der Waals surface area contributed by atoms with Gasteiger partial charge in [-0.3, -0.25) is 0 Å². The van der Waals surface area contributed by atoms with Gasteiger partial charge in [-0.25, -0.2) is 0 Å². The van der Waals surface area contributed by atoms with Gasteiger partial charge in [0.05, 0.1) is 6.10 Å². The summed E-state index contributed by atoms with van der Waals surface area (Å²) in [5, 5.41) is 8.73. The summed E-state index contributed by atoms with van der Waals surface area (Å²) in [4.78, 5) is 0. The highest BCUT2D eigenvalue weighted by molar-refractivity contribution is 5.03. The largest absolute Gasteiger partial charge is 0.389 e. The van der Waals surface area contributed by atoms with Crippen LogP contribution in [-0.2, 0) is 0 Å². The van der Waals surface area contributed by atoms with Crippen molar-refractivity contribution >= 4 is 0 Å². The molecule has 0 spiro atoms. The van der Waals surface area contributed by atoms with E-state index >= 15 is 0 Å². The van der Waals surface area contributed by atoms with Gasteiger partial charge < -0.3 is 5.11 Å². The van der Waals surface area contributed by atoms with Gasteiger partial charge in [0.1, 0.15) is 0 Å². The lowest BCUT2D eigenvalue weighted by atomic mass is 10.3. The van der Waals surface area contributed by atoms with Crippen LogP contribution in [0.25, 0.3) is 0 Å². The summed E-state index contributed by atoms with van der Waals surface area (Å²) in [6.07, 6.45) is 8.29. The van der Waals surface area contributed by atoms with Crippen molar-refractivity contribution in [2.24, 2.45) is 0 Å². The number of aliphatic hydroxyl groups is 1. The second-order valence-corrected chi connectivity index (χ2v) is 1.96. The van der Waals surface area contributed by atoms with Crippen LogP contribution in [0.4, 0.5) is 0 Å². The molecule has 0 fully saturated rings. The van der Waals surface area contributed by atoms with Gasteiger partial charge >= 0.3 is 0 Å². The predicted molar refractivity (Wildman–Crippen MR) is 40.3 cm³/mol. The zero-order valence-corrected chi connectivity index (χ0v) is 6.04. The van der Waals surface area contributed by atoms with Crippen molar-refractivity contribution in [3.8, 4) is 0 Å². The number of aliphatic hydroxyl groups excluding tert-OH is 1. The lowest BCUT2D eigenvalue weighted by Gasteiger charge is -1.88. The fourth-order valence-corrected chi connectivity index (χ4v) is 0.440. The minimum Gasteiger partial charge on any atom is -0.389 e. The van der Waals surface area contributed by atoms with Crippen molar-refractivity contribution in [2.45, 2.75) is 26.4 Å². The molecule has 0 aromatic carbocycles. The van der Waals surface area contributed by atoms with Gasteiger partial charge in [-0.15, -0.1) is 0 Å². The minimum atomic E-state index is -0.327. The maximum atomic E-state index is 8.73. The van der Waals surface area contributed by atoms with E-state index in [4.69, 9.17) is 5.11 Å². The molecule has 0 radical (unpaired) electrons. The lowest BCUT2D eigenvalue weighted by molar-refractivity contribution is 0.244. The Morgan fingerprint density at radius 3 is 2.56 bits per heavy atom. The maximum Gasteiger partial charge on any atom is 0.0695 e. The fourth-order valence-electron chi connectivity index (χ4n) is 0.440. The minimum absolute atomic E-state index is 0.327. The van der Waals surface area contributed by atoms with Crippen LogP contribution >= 0.6 is 0 Å². The van der Waals surface area contributed by atoms with E-state index in [0.29, 0.717) is 0 Å². The Labute approximate surface area is 56.7 Å². The van der Waals surface area contributed by atoms with E-state index in [1.165, 1.54) is 0 Å². The van der Waals surface area contributed by atoms with E-state index in [0.717, 1.165) is 6.42 Å². The quantitative estimate of drug-likeness (QED) is 0.572. The van der Waals surface area contributed by atoms with Crippen molar-refractivity contribution < 1.29 is 5.11 Å². The first kappa shape index (κ1) is 8.44. The summed E-state index contributed by atoms with van der Waals surface area (Å²) < 4.78 is 0. The van der Waals surface area contributed by atoms with Crippen LogP contribution < -0.4 is 0 Å². The molecule has 0 saturated heterocycles. The van der Waals surface area contributed by atoms with E-state index in [1.807, 2.05) is 18.2 Å². The Bertz CT molecular complexity index is 101. The molecule has 0 bridgehead atoms. The second-order valence-electron chi connectivity index (χ2n) is 1.96. The van der Waals surface area contributed by atoms with Crippen molar-refractivity contribution in [1.82, 2.24) is 0 Å². The predicted octanol–water partition coefficient (Wildman–Crippen LogP) is 1.89. The fraction of sp³-hybridized carbons (Fsp3) is 0.500. The second kappa shape index (κ2) is 5.57. The smallest absolute Gasteiger partial charge is 0.0695 e. The number of hydrogen-bond donors (Lipinski definition) is 1. The van der Waals surface area contributed by atoms with E-state index < -0.39 is 0 Å². The molecular formula is C8H14O. The third-order valence-electron chi connectivity index (χ3n) is 0.873. The van der Waals surface area contributed by atoms with Crippen molar-refractivity contribution in [3.63, 3.8) is 0 Å². The average Bonchev–Trinajstić information content (AvgIpc) is 1.80. The Morgan fingerprint density at radius 1 is 1.44 bits per heavy atom. The number of hydrogen-bond acceptors (Lipinski definition) is 1. The summed E-state index contributed by atoms with van der Waals surface area (Å²) in [7, 11) is 0. The molecule has 1 heteroatoms. The normalized spacial score (nSPS) is 15.4. The van der Waals surface area contributed by atoms with Crippen LogP contribution in [0, 0.1) is 0 Å². The average molecular weight is 126 g/mol. The van der Waals surface area contributed by atoms with Gasteiger partial charge in [0.2, 0.25) is 0 Å². The Balaban J connectivity index is 3.35. The highest BCUT2D eigenvalue weighted by atomic mass is 16.3. The van der Waals surface area contributed by atoms with E-state index in [9.17, 15) is 0 Å². The molecule has 1 N–H and O–H groups in total. The molecule has 0 aliphatic heterocycles. The van der Waals surface area contributed by atoms with Crippen LogP contribution in [0.1, 0.15) is 20.3 Å². The van der Waals surface area contributed by atoms with E-state index in [-0.39, 0.29) is 6.10 Å². The van der Waals surface area contributed by atoms with Gasteiger partial charge in [0.25, 0.3) is 0 Å². The number of rotatable bonds is 3. The summed E-state index contributed by atoms with van der Waals surface area (Å²) in [5.74, 6) is 0. The van der Waals surface area contributed by atoms with E-state index in [1.54, 1.807) is 13.0 Å². The highest BCUT2D eigenvalue weighted by Crippen LogP contribution is 1.85. The van der Waals surface area contributed by atoms with Gasteiger partial charge in [-0.2, -0.15) is 0 Å². The molecule has 1 nitrogen and oxygen atoms in total. The topological polar surface area (TPSA) is 20.2 Å². The molecule has 0 amide bonds. The lowest BCUT2D eigenvalue weighted by Crippen LogP contribution is -1.90. The summed E-state index contributed by atoms with van der Waals surface area (Å²) >= 11 is 0. The molecule has 0 saturated carbocycles. The van der Waals surface area contributed by atoms with Gasteiger partial charge in [-0.05, 0) is 13.3 Å². The maximum absolute atomic E-state index is 8.73. The van der Waals surface area contributed by atoms with Crippen LogP contribution in [0.15, 0.2) is 24.3 Å². The molecule has 0 aliphatic rings. The highest BCUT2D eigenvalue weighted by Gasteiger charge is 1.79. The standard InChI is InChI=1S/C8H14O/c1-3-4-5-6-7-8(2)9/h4-9H,3H2,1-2H3/b5-4+,7-6+/t8-/m0/s1. The first-order valence-corrected chi connectivity index (χ1v) is 3.28. The van der Waals surface area contributed by atoms with E-state index in [2.05, 4.69) is 6.92 Å². The van der Waals surface area contributed by atoms with Crippen LogP contribution in [-0.4, -0.2) is 11.2 Å². The molecule has 1 atom stereocenters. The third kappa shape index (κ3) is 7.44. The summed E-state index contributed by atoms with van der Waals surface area (Å²) in [6, 6.07) is 0. The number of allylic oxidation sites excluding steroid dienone is 3. The Kier molecular flexibility index (Phi) is 5.23. The molecule has 0 unspecified atom stereocenters. The first-order valence-electron chi connectivity index (χ1n) is 3.28. The first-order chi connectivity index (χ1) is 4.27. The molecule has 9 heavy (non-hydrogen) atoms. The van der Waals surface area contributed by atoms with Crippen LogP contribution in [0.3, 0.4) is 0 Å². The molecule has 0 aromatic heterocycles. The summed E-state index contributed by atoms with van der Waals surface area (Å²) in [5.41, 5.74) is 0. The third-order valence-corrected chi connectivity index (χ3v) is 0.873. The van der Waals surface area contributed by atoms with Crippen molar-refractivity contribution in [3.05, 3.63) is 24.3 Å². The molecule has 0 heterocycles.